The predicted octanol–water partition coefficient (Wildman–Crippen LogP) is 2.20. The smallest absolute Gasteiger partial charge is 0.191 e. The van der Waals surface area contributed by atoms with Crippen LogP contribution in [0.1, 0.15) is 29.5 Å². The monoisotopic (exact) mass is 419 g/mol. The van der Waals surface area contributed by atoms with E-state index in [2.05, 4.69) is 21.7 Å². The number of aliphatic imine (C=N–C) groups is 1. The summed E-state index contributed by atoms with van der Waals surface area (Å²) in [4.78, 5) is 4.17. The summed E-state index contributed by atoms with van der Waals surface area (Å²) in [6.45, 7) is 1.92. The molecular formula is C16H26IN3O2. The molecule has 22 heavy (non-hydrogen) atoms. The van der Waals surface area contributed by atoms with Gasteiger partial charge in [-0.05, 0) is 42.9 Å². The van der Waals surface area contributed by atoms with Crippen molar-refractivity contribution in [2.24, 2.45) is 4.99 Å². The molecule has 0 atom stereocenters. The average molecular weight is 419 g/mol. The van der Waals surface area contributed by atoms with Gasteiger partial charge in [-0.15, -0.1) is 24.0 Å². The van der Waals surface area contributed by atoms with Crippen molar-refractivity contribution < 1.29 is 9.84 Å². The molecule has 1 aromatic carbocycles. The molecule has 0 amide bonds. The van der Waals surface area contributed by atoms with Gasteiger partial charge < -0.3 is 20.5 Å². The van der Waals surface area contributed by atoms with E-state index in [1.165, 1.54) is 24.0 Å². The molecule has 5 nitrogen and oxygen atoms in total. The fraction of sp³-hybridized carbons (Fsp3) is 0.562. The van der Waals surface area contributed by atoms with Gasteiger partial charge in [0.2, 0.25) is 0 Å². The number of hydrogen-bond acceptors (Lipinski definition) is 3. The van der Waals surface area contributed by atoms with Crippen molar-refractivity contribution in [3.05, 3.63) is 28.8 Å². The van der Waals surface area contributed by atoms with Crippen molar-refractivity contribution in [2.75, 3.05) is 27.3 Å². The number of aromatic hydroxyl groups is 1. The Bertz CT molecular complexity index is 506. The van der Waals surface area contributed by atoms with Gasteiger partial charge in [0.15, 0.2) is 5.96 Å². The highest BCUT2D eigenvalue weighted by Gasteiger charge is 2.16. The molecule has 0 fully saturated rings. The van der Waals surface area contributed by atoms with Crippen molar-refractivity contribution in [1.82, 2.24) is 10.6 Å². The number of guanidine groups is 1. The summed E-state index contributed by atoms with van der Waals surface area (Å²) < 4.78 is 5.01. The van der Waals surface area contributed by atoms with E-state index in [1.54, 1.807) is 14.2 Å². The van der Waals surface area contributed by atoms with Gasteiger partial charge in [-0.2, -0.15) is 0 Å². The van der Waals surface area contributed by atoms with E-state index >= 15 is 0 Å². The lowest BCUT2D eigenvalue weighted by molar-refractivity contribution is 0.203. The number of fused-ring (bicyclic) bond motifs is 1. The third-order valence-electron chi connectivity index (χ3n) is 3.88. The van der Waals surface area contributed by atoms with Gasteiger partial charge in [0, 0.05) is 32.8 Å². The van der Waals surface area contributed by atoms with Crippen LogP contribution in [-0.4, -0.2) is 38.4 Å². The number of benzene rings is 1. The summed E-state index contributed by atoms with van der Waals surface area (Å²) in [5, 5.41) is 16.6. The van der Waals surface area contributed by atoms with Crippen LogP contribution in [0.15, 0.2) is 17.1 Å². The lowest BCUT2D eigenvalue weighted by atomic mass is 9.88. The molecule has 1 aliphatic carbocycles. The Labute approximate surface area is 149 Å². The summed E-state index contributed by atoms with van der Waals surface area (Å²) in [5.74, 6) is 1.09. The van der Waals surface area contributed by atoms with Gasteiger partial charge in [-0.3, -0.25) is 4.99 Å². The van der Waals surface area contributed by atoms with Crippen LogP contribution in [0.3, 0.4) is 0 Å². The molecule has 0 aliphatic heterocycles. The van der Waals surface area contributed by atoms with Crippen LogP contribution in [0.25, 0.3) is 0 Å². The van der Waals surface area contributed by atoms with Crippen LogP contribution in [-0.2, 0) is 24.1 Å². The molecule has 1 aromatic rings. The van der Waals surface area contributed by atoms with Gasteiger partial charge in [0.1, 0.15) is 5.75 Å². The van der Waals surface area contributed by atoms with Crippen LogP contribution >= 0.6 is 24.0 Å². The first-order valence-corrected chi connectivity index (χ1v) is 7.52. The van der Waals surface area contributed by atoms with Crippen molar-refractivity contribution >= 4 is 29.9 Å². The maximum Gasteiger partial charge on any atom is 0.191 e. The second-order valence-electron chi connectivity index (χ2n) is 5.25. The van der Waals surface area contributed by atoms with Crippen LogP contribution in [0.5, 0.6) is 5.75 Å². The highest BCUT2D eigenvalue weighted by Crippen LogP contribution is 2.30. The quantitative estimate of drug-likeness (QED) is 0.296. The van der Waals surface area contributed by atoms with Gasteiger partial charge in [-0.25, -0.2) is 0 Å². The van der Waals surface area contributed by atoms with Crippen molar-refractivity contribution in [3.8, 4) is 5.75 Å². The summed E-state index contributed by atoms with van der Waals surface area (Å²) in [5.41, 5.74) is 3.68. The number of methoxy groups -OCH3 is 1. The van der Waals surface area contributed by atoms with E-state index in [9.17, 15) is 5.11 Å². The molecule has 0 saturated carbocycles. The Morgan fingerprint density at radius 2 is 2.05 bits per heavy atom. The number of nitrogens with one attached hydrogen (secondary N) is 2. The molecule has 2 rings (SSSR count). The highest BCUT2D eigenvalue weighted by atomic mass is 127. The third kappa shape index (κ3) is 5.01. The Morgan fingerprint density at radius 3 is 2.77 bits per heavy atom. The van der Waals surface area contributed by atoms with E-state index in [1.807, 2.05) is 6.07 Å². The molecule has 0 radical (unpaired) electrons. The Kier molecular flexibility index (Phi) is 8.55. The summed E-state index contributed by atoms with van der Waals surface area (Å²) in [6.07, 6.45) is 4.61. The zero-order valence-corrected chi connectivity index (χ0v) is 15.6. The first kappa shape index (κ1) is 19.0. The Morgan fingerprint density at radius 1 is 1.27 bits per heavy atom. The van der Waals surface area contributed by atoms with Gasteiger partial charge >= 0.3 is 0 Å². The highest BCUT2D eigenvalue weighted by molar-refractivity contribution is 14.0. The number of ether oxygens (including phenoxy) is 1. The van der Waals surface area contributed by atoms with E-state index in [4.69, 9.17) is 4.74 Å². The van der Waals surface area contributed by atoms with Crippen molar-refractivity contribution in [2.45, 2.75) is 32.2 Å². The molecule has 0 spiro atoms. The second-order valence-corrected chi connectivity index (χ2v) is 5.25. The van der Waals surface area contributed by atoms with Gasteiger partial charge in [0.05, 0.1) is 6.61 Å². The SMILES string of the molecule is CN=C(NCCOC)NCc1c(O)ccc2c1CCCC2.I. The molecule has 0 unspecified atom stereocenters. The number of phenolic OH excluding ortho intramolecular Hbond substituents is 1. The Balaban J connectivity index is 0.00000242. The molecule has 6 heteroatoms. The standard InChI is InChI=1S/C16H25N3O2.HI/c1-17-16(18-9-10-21-2)19-11-14-13-6-4-3-5-12(13)7-8-15(14)20;/h7-8,20H,3-6,9-11H2,1-2H3,(H2,17,18,19);1H. The summed E-state index contributed by atoms with van der Waals surface area (Å²) in [6, 6.07) is 3.86. The van der Waals surface area contributed by atoms with Crippen LogP contribution in [0.2, 0.25) is 0 Å². The lowest BCUT2D eigenvalue weighted by Crippen LogP contribution is -2.38. The zero-order chi connectivity index (χ0) is 15.1. The van der Waals surface area contributed by atoms with Crippen molar-refractivity contribution in [1.29, 1.82) is 0 Å². The van der Waals surface area contributed by atoms with E-state index in [0.717, 1.165) is 24.4 Å². The maximum absolute atomic E-state index is 10.1. The minimum atomic E-state index is 0. The van der Waals surface area contributed by atoms with Crippen molar-refractivity contribution in [3.63, 3.8) is 0 Å². The zero-order valence-electron chi connectivity index (χ0n) is 13.3. The largest absolute Gasteiger partial charge is 0.508 e. The minimum absolute atomic E-state index is 0. The summed E-state index contributed by atoms with van der Waals surface area (Å²) in [7, 11) is 3.41. The fourth-order valence-electron chi connectivity index (χ4n) is 2.75. The first-order chi connectivity index (χ1) is 10.3. The van der Waals surface area contributed by atoms with E-state index < -0.39 is 0 Å². The van der Waals surface area contributed by atoms with Crippen LogP contribution in [0.4, 0.5) is 0 Å². The minimum Gasteiger partial charge on any atom is -0.508 e. The Hall–Kier alpha value is -1.02. The van der Waals surface area contributed by atoms with Gasteiger partial charge in [0.25, 0.3) is 0 Å². The average Bonchev–Trinajstić information content (AvgIpc) is 2.52. The predicted molar refractivity (Wildman–Crippen MR) is 100 cm³/mol. The van der Waals surface area contributed by atoms with Crippen LogP contribution in [0, 0.1) is 0 Å². The normalized spacial score (nSPS) is 14.0. The lowest BCUT2D eigenvalue weighted by Gasteiger charge is -2.21. The number of halogens is 1. The van der Waals surface area contributed by atoms with Crippen LogP contribution < -0.4 is 10.6 Å². The number of phenols is 1. The molecule has 3 N–H and O–H groups in total. The fourth-order valence-corrected chi connectivity index (χ4v) is 2.75. The molecule has 0 bridgehead atoms. The summed E-state index contributed by atoms with van der Waals surface area (Å²) >= 11 is 0. The van der Waals surface area contributed by atoms with E-state index in [0.29, 0.717) is 25.4 Å². The molecule has 0 aromatic heterocycles. The topological polar surface area (TPSA) is 65.9 Å². The molecular weight excluding hydrogens is 393 g/mol. The molecule has 1 aliphatic rings. The first-order valence-electron chi connectivity index (χ1n) is 7.52. The molecule has 0 heterocycles. The molecule has 0 saturated heterocycles. The van der Waals surface area contributed by atoms with Gasteiger partial charge in [-0.1, -0.05) is 6.07 Å². The molecule has 124 valence electrons. The van der Waals surface area contributed by atoms with E-state index in [-0.39, 0.29) is 24.0 Å². The number of aryl methyl sites for hydroxylation is 1. The number of nitrogens with zero attached hydrogens (tertiary/aromatic N) is 1. The third-order valence-corrected chi connectivity index (χ3v) is 3.88. The maximum atomic E-state index is 10.1. The second kappa shape index (κ2) is 9.89. The number of rotatable bonds is 5. The number of hydrogen-bond donors (Lipinski definition) is 3.